The van der Waals surface area contributed by atoms with Crippen molar-refractivity contribution in [3.05, 3.63) is 30.1 Å². The highest BCUT2D eigenvalue weighted by Crippen LogP contribution is 2.34. The van der Waals surface area contributed by atoms with Crippen molar-refractivity contribution in [2.24, 2.45) is 0 Å². The number of hydrogen-bond donors (Lipinski definition) is 0. The van der Waals surface area contributed by atoms with Crippen LogP contribution in [-0.2, 0) is 14.8 Å². The van der Waals surface area contributed by atoms with Gasteiger partial charge in [0.2, 0.25) is 10.0 Å². The lowest BCUT2D eigenvalue weighted by Gasteiger charge is -2.24. The first kappa shape index (κ1) is 14.9. The van der Waals surface area contributed by atoms with Crippen molar-refractivity contribution in [3.63, 3.8) is 0 Å². The molecule has 0 amide bonds. The third kappa shape index (κ3) is 3.44. The van der Waals surface area contributed by atoms with Gasteiger partial charge in [-0.05, 0) is 49.8 Å². The molecule has 116 valence electrons. The minimum Gasteiger partial charge on any atom is -0.378 e. The van der Waals surface area contributed by atoms with Crippen molar-refractivity contribution >= 4 is 10.0 Å². The summed E-state index contributed by atoms with van der Waals surface area (Å²) in [7, 11) is -3.21. The average molecular weight is 310 g/mol. The molecule has 0 aliphatic carbocycles. The maximum atomic E-state index is 12.6. The predicted molar refractivity (Wildman–Crippen MR) is 80.3 cm³/mol. The molecule has 2 atom stereocenters. The molecule has 2 aliphatic rings. The zero-order valence-electron chi connectivity index (χ0n) is 12.1. The molecule has 21 heavy (non-hydrogen) atoms. The van der Waals surface area contributed by atoms with Gasteiger partial charge in [0.1, 0.15) is 0 Å². The monoisotopic (exact) mass is 310 g/mol. The summed E-state index contributed by atoms with van der Waals surface area (Å²) in [6.45, 7) is 1.40. The summed E-state index contributed by atoms with van der Waals surface area (Å²) in [4.78, 5) is 4.01. The van der Waals surface area contributed by atoms with Crippen molar-refractivity contribution in [2.75, 3.05) is 18.9 Å². The third-order valence-electron chi connectivity index (χ3n) is 4.37. The lowest BCUT2D eigenvalue weighted by molar-refractivity contribution is 0.108. The Morgan fingerprint density at radius 3 is 2.76 bits per heavy atom. The molecule has 0 aromatic carbocycles. The van der Waals surface area contributed by atoms with Gasteiger partial charge in [-0.3, -0.25) is 4.98 Å². The van der Waals surface area contributed by atoms with Gasteiger partial charge in [-0.2, -0.15) is 4.31 Å². The highest BCUT2D eigenvalue weighted by Gasteiger charge is 2.35. The molecule has 0 spiro atoms. The molecule has 3 heterocycles. The number of hydrogen-bond acceptors (Lipinski definition) is 4. The van der Waals surface area contributed by atoms with Gasteiger partial charge in [-0.25, -0.2) is 8.42 Å². The predicted octanol–water partition coefficient (Wildman–Crippen LogP) is 2.12. The standard InChI is InChI=1S/C15H22N2O3S/c18-21(19,12-7-14-3-2-11-20-14)17-10-1-4-15(17)13-5-8-16-9-6-13/h5-6,8-9,14-15H,1-4,7,10-12H2/t14-,15-/m1/s1. The Balaban J connectivity index is 1.68. The molecule has 1 aromatic rings. The molecule has 2 aliphatic heterocycles. The average Bonchev–Trinajstić information content (AvgIpc) is 3.18. The van der Waals surface area contributed by atoms with E-state index >= 15 is 0 Å². The number of aromatic nitrogens is 1. The number of rotatable bonds is 5. The topological polar surface area (TPSA) is 59.5 Å². The molecule has 1 aromatic heterocycles. The number of pyridine rings is 1. The second kappa shape index (κ2) is 6.42. The van der Waals surface area contributed by atoms with Crippen LogP contribution in [-0.4, -0.2) is 42.7 Å². The second-order valence-corrected chi connectivity index (χ2v) is 7.83. The first-order chi connectivity index (χ1) is 10.2. The summed E-state index contributed by atoms with van der Waals surface area (Å²) in [5, 5.41) is 0. The van der Waals surface area contributed by atoms with Crippen LogP contribution < -0.4 is 0 Å². The smallest absolute Gasteiger partial charge is 0.214 e. The number of sulfonamides is 1. The summed E-state index contributed by atoms with van der Waals surface area (Å²) in [6.07, 6.45) is 8.05. The Hall–Kier alpha value is -0.980. The molecule has 0 saturated carbocycles. The maximum Gasteiger partial charge on any atom is 0.214 e. The molecule has 0 radical (unpaired) electrons. The largest absolute Gasteiger partial charge is 0.378 e. The van der Waals surface area contributed by atoms with Crippen LogP contribution in [0.25, 0.3) is 0 Å². The van der Waals surface area contributed by atoms with Gasteiger partial charge in [-0.1, -0.05) is 0 Å². The molecule has 0 unspecified atom stereocenters. The van der Waals surface area contributed by atoms with Crippen LogP contribution in [0.1, 0.15) is 43.7 Å². The Morgan fingerprint density at radius 2 is 2.05 bits per heavy atom. The maximum absolute atomic E-state index is 12.6. The van der Waals surface area contributed by atoms with Gasteiger partial charge < -0.3 is 4.74 Å². The minimum absolute atomic E-state index is 0.0255. The molecule has 3 rings (SSSR count). The van der Waals surface area contributed by atoms with Crippen LogP contribution in [0, 0.1) is 0 Å². The van der Waals surface area contributed by atoms with E-state index in [1.54, 1.807) is 16.7 Å². The number of ether oxygens (including phenoxy) is 1. The summed E-state index contributed by atoms with van der Waals surface area (Å²) < 4.78 is 32.5. The summed E-state index contributed by atoms with van der Waals surface area (Å²) >= 11 is 0. The minimum atomic E-state index is -3.21. The summed E-state index contributed by atoms with van der Waals surface area (Å²) in [5.41, 5.74) is 1.04. The zero-order chi connectivity index (χ0) is 14.7. The van der Waals surface area contributed by atoms with Crippen LogP contribution in [0.4, 0.5) is 0 Å². The van der Waals surface area contributed by atoms with E-state index in [1.807, 2.05) is 12.1 Å². The molecular weight excluding hydrogens is 288 g/mol. The van der Waals surface area contributed by atoms with Gasteiger partial charge in [0.25, 0.3) is 0 Å². The van der Waals surface area contributed by atoms with E-state index in [2.05, 4.69) is 4.98 Å². The van der Waals surface area contributed by atoms with Crippen LogP contribution in [0.5, 0.6) is 0 Å². The fraction of sp³-hybridized carbons (Fsp3) is 0.667. The van der Waals surface area contributed by atoms with Crippen LogP contribution >= 0.6 is 0 Å². The second-order valence-electron chi connectivity index (χ2n) is 5.79. The van der Waals surface area contributed by atoms with Crippen molar-refractivity contribution in [1.29, 1.82) is 0 Å². The third-order valence-corrected chi connectivity index (χ3v) is 6.28. The van der Waals surface area contributed by atoms with E-state index in [4.69, 9.17) is 4.74 Å². The molecule has 0 bridgehead atoms. The molecule has 6 heteroatoms. The molecular formula is C15H22N2O3S. The number of nitrogens with zero attached hydrogens (tertiary/aromatic N) is 2. The highest BCUT2D eigenvalue weighted by molar-refractivity contribution is 7.89. The van der Waals surface area contributed by atoms with Gasteiger partial charge >= 0.3 is 0 Å². The molecule has 2 saturated heterocycles. The SMILES string of the molecule is O=S(=O)(CC[C@H]1CCCO1)N1CCC[C@@H]1c1ccncc1. The van der Waals surface area contributed by atoms with Crippen LogP contribution in [0.3, 0.4) is 0 Å². The van der Waals surface area contributed by atoms with Gasteiger partial charge in [0.05, 0.1) is 11.9 Å². The van der Waals surface area contributed by atoms with Crippen molar-refractivity contribution in [1.82, 2.24) is 9.29 Å². The van der Waals surface area contributed by atoms with Gasteiger partial charge in [-0.15, -0.1) is 0 Å². The molecule has 5 nitrogen and oxygen atoms in total. The van der Waals surface area contributed by atoms with Gasteiger partial charge in [0, 0.05) is 31.6 Å². The van der Waals surface area contributed by atoms with E-state index in [0.717, 1.165) is 37.9 Å². The van der Waals surface area contributed by atoms with Crippen molar-refractivity contribution in [2.45, 2.75) is 44.2 Å². The fourth-order valence-corrected chi connectivity index (χ4v) is 5.08. The van der Waals surface area contributed by atoms with E-state index in [-0.39, 0.29) is 17.9 Å². The Bertz CT molecular complexity index is 556. The van der Waals surface area contributed by atoms with E-state index in [0.29, 0.717) is 13.0 Å². The lowest BCUT2D eigenvalue weighted by atomic mass is 10.1. The Morgan fingerprint density at radius 1 is 1.24 bits per heavy atom. The highest BCUT2D eigenvalue weighted by atomic mass is 32.2. The first-order valence-electron chi connectivity index (χ1n) is 7.68. The van der Waals surface area contributed by atoms with Crippen LogP contribution in [0.15, 0.2) is 24.5 Å². The Labute approximate surface area is 126 Å². The first-order valence-corrected chi connectivity index (χ1v) is 9.29. The van der Waals surface area contributed by atoms with Gasteiger partial charge in [0.15, 0.2) is 0 Å². The Kier molecular flexibility index (Phi) is 4.57. The molecule has 0 N–H and O–H groups in total. The summed E-state index contributed by atoms with van der Waals surface area (Å²) in [5.74, 6) is 0.194. The zero-order valence-corrected chi connectivity index (χ0v) is 13.0. The lowest BCUT2D eigenvalue weighted by Crippen LogP contribution is -2.33. The molecule has 2 fully saturated rings. The summed E-state index contributed by atoms with van der Waals surface area (Å²) in [6, 6.07) is 3.81. The van der Waals surface area contributed by atoms with E-state index < -0.39 is 10.0 Å². The van der Waals surface area contributed by atoms with Crippen molar-refractivity contribution < 1.29 is 13.2 Å². The van der Waals surface area contributed by atoms with Crippen LogP contribution in [0.2, 0.25) is 0 Å². The van der Waals surface area contributed by atoms with E-state index in [1.165, 1.54) is 0 Å². The fourth-order valence-electron chi connectivity index (χ4n) is 3.26. The van der Waals surface area contributed by atoms with Crippen molar-refractivity contribution in [3.8, 4) is 0 Å². The van der Waals surface area contributed by atoms with E-state index in [9.17, 15) is 8.42 Å². The quantitative estimate of drug-likeness (QED) is 0.836. The normalized spacial score (nSPS) is 27.2.